The second kappa shape index (κ2) is 7.98. The molecule has 8 heteroatoms. The van der Waals surface area contributed by atoms with Gasteiger partial charge in [-0.2, -0.15) is 4.31 Å². The Bertz CT molecular complexity index is 905. The lowest BCUT2D eigenvalue weighted by Gasteiger charge is -2.34. The molecule has 144 valence electrons. The summed E-state index contributed by atoms with van der Waals surface area (Å²) < 4.78 is 29.8. The molecule has 1 aliphatic rings. The number of amides is 1. The molecule has 0 aromatic heterocycles. The SMILES string of the molecule is COc1ccc(C(=O)Nc2cccc(N3CCN(S(C)(=O)=O)CC3)c2)cc1. The van der Waals surface area contributed by atoms with Crippen molar-refractivity contribution < 1.29 is 17.9 Å². The first-order valence-corrected chi connectivity index (χ1v) is 10.5. The van der Waals surface area contributed by atoms with Gasteiger partial charge in [0, 0.05) is 43.1 Å². The predicted molar refractivity (Wildman–Crippen MR) is 106 cm³/mol. The number of rotatable bonds is 5. The second-order valence-corrected chi connectivity index (χ2v) is 8.36. The quantitative estimate of drug-likeness (QED) is 0.847. The lowest BCUT2D eigenvalue weighted by molar-refractivity contribution is 0.102. The molecular weight excluding hydrogens is 366 g/mol. The lowest BCUT2D eigenvalue weighted by atomic mass is 10.2. The number of carbonyl (C=O) groups excluding carboxylic acids is 1. The highest BCUT2D eigenvalue weighted by Crippen LogP contribution is 2.22. The van der Waals surface area contributed by atoms with Crippen LogP contribution in [0.2, 0.25) is 0 Å². The van der Waals surface area contributed by atoms with Gasteiger partial charge in [-0.3, -0.25) is 4.79 Å². The molecule has 1 saturated heterocycles. The first-order chi connectivity index (χ1) is 12.9. The third-order valence-electron chi connectivity index (χ3n) is 4.53. The number of ether oxygens (including phenoxy) is 1. The average Bonchev–Trinajstić information content (AvgIpc) is 2.67. The number of nitrogens with zero attached hydrogens (tertiary/aromatic N) is 2. The first kappa shape index (κ1) is 19.2. The van der Waals surface area contributed by atoms with E-state index in [1.54, 1.807) is 31.4 Å². The van der Waals surface area contributed by atoms with Gasteiger partial charge < -0.3 is 15.0 Å². The van der Waals surface area contributed by atoms with E-state index in [-0.39, 0.29) is 5.91 Å². The standard InChI is InChI=1S/C19H23N3O4S/c1-26-18-8-6-15(7-9-18)19(23)20-16-4-3-5-17(14-16)21-10-12-22(13-11-21)27(2,24)25/h3-9,14H,10-13H2,1-2H3,(H,20,23). The molecule has 1 fully saturated rings. The summed E-state index contributed by atoms with van der Waals surface area (Å²) in [5, 5.41) is 2.90. The van der Waals surface area contributed by atoms with Gasteiger partial charge in [0.15, 0.2) is 0 Å². The summed E-state index contributed by atoms with van der Waals surface area (Å²) in [5.41, 5.74) is 2.19. The molecule has 0 spiro atoms. The lowest BCUT2D eigenvalue weighted by Crippen LogP contribution is -2.48. The Labute approximate surface area is 159 Å². The van der Waals surface area contributed by atoms with Crippen LogP contribution in [-0.2, 0) is 10.0 Å². The van der Waals surface area contributed by atoms with E-state index >= 15 is 0 Å². The first-order valence-electron chi connectivity index (χ1n) is 8.62. The van der Waals surface area contributed by atoms with Crippen molar-refractivity contribution in [3.63, 3.8) is 0 Å². The van der Waals surface area contributed by atoms with Crippen molar-refractivity contribution in [2.24, 2.45) is 0 Å². The maximum atomic E-state index is 12.4. The summed E-state index contributed by atoms with van der Waals surface area (Å²) in [7, 11) is -1.57. The number of anilines is 2. The van der Waals surface area contributed by atoms with E-state index in [4.69, 9.17) is 4.74 Å². The second-order valence-electron chi connectivity index (χ2n) is 6.38. The Morgan fingerprint density at radius 1 is 1.04 bits per heavy atom. The zero-order chi connectivity index (χ0) is 19.4. The van der Waals surface area contributed by atoms with Gasteiger partial charge >= 0.3 is 0 Å². The summed E-state index contributed by atoms with van der Waals surface area (Å²) in [4.78, 5) is 14.5. The zero-order valence-electron chi connectivity index (χ0n) is 15.4. The van der Waals surface area contributed by atoms with E-state index in [0.717, 1.165) is 5.69 Å². The molecule has 0 unspecified atom stereocenters. The molecule has 0 atom stereocenters. The van der Waals surface area contributed by atoms with Gasteiger partial charge in [0.25, 0.3) is 5.91 Å². The maximum absolute atomic E-state index is 12.4. The highest BCUT2D eigenvalue weighted by Gasteiger charge is 2.23. The van der Waals surface area contributed by atoms with Crippen LogP contribution < -0.4 is 15.0 Å². The van der Waals surface area contributed by atoms with Crippen molar-refractivity contribution >= 4 is 27.3 Å². The molecule has 1 aliphatic heterocycles. The molecule has 1 N–H and O–H groups in total. The van der Waals surface area contributed by atoms with Crippen LogP contribution in [0, 0.1) is 0 Å². The number of nitrogens with one attached hydrogen (secondary N) is 1. The summed E-state index contributed by atoms with van der Waals surface area (Å²) >= 11 is 0. The van der Waals surface area contributed by atoms with Crippen LogP contribution in [0.1, 0.15) is 10.4 Å². The van der Waals surface area contributed by atoms with Gasteiger partial charge in [-0.1, -0.05) is 6.07 Å². The third-order valence-corrected chi connectivity index (χ3v) is 5.83. The Morgan fingerprint density at radius 3 is 2.30 bits per heavy atom. The fraction of sp³-hybridized carbons (Fsp3) is 0.316. The summed E-state index contributed by atoms with van der Waals surface area (Å²) in [5.74, 6) is 0.499. The molecule has 7 nitrogen and oxygen atoms in total. The smallest absolute Gasteiger partial charge is 0.255 e. The molecule has 0 bridgehead atoms. The van der Waals surface area contributed by atoms with Crippen LogP contribution in [0.3, 0.4) is 0 Å². The van der Waals surface area contributed by atoms with Gasteiger partial charge in [-0.25, -0.2) is 8.42 Å². The molecule has 1 amide bonds. The number of hydrogen-bond acceptors (Lipinski definition) is 5. The van der Waals surface area contributed by atoms with Crippen LogP contribution in [-0.4, -0.2) is 58.2 Å². The van der Waals surface area contributed by atoms with Crippen LogP contribution in [0.4, 0.5) is 11.4 Å². The van der Waals surface area contributed by atoms with Crippen LogP contribution in [0.15, 0.2) is 48.5 Å². The van der Waals surface area contributed by atoms with E-state index in [1.807, 2.05) is 24.3 Å². The van der Waals surface area contributed by atoms with Crippen LogP contribution in [0.25, 0.3) is 0 Å². The number of methoxy groups -OCH3 is 1. The number of benzene rings is 2. The van der Waals surface area contributed by atoms with Crippen molar-refractivity contribution in [2.45, 2.75) is 0 Å². The van der Waals surface area contributed by atoms with Gasteiger partial charge in [-0.15, -0.1) is 0 Å². The number of sulfonamides is 1. The van der Waals surface area contributed by atoms with E-state index in [2.05, 4.69) is 10.2 Å². The Kier molecular flexibility index (Phi) is 5.67. The van der Waals surface area contributed by atoms with Crippen molar-refractivity contribution in [1.82, 2.24) is 4.31 Å². The average molecular weight is 389 g/mol. The highest BCUT2D eigenvalue weighted by atomic mass is 32.2. The van der Waals surface area contributed by atoms with E-state index < -0.39 is 10.0 Å². The molecule has 1 heterocycles. The Balaban J connectivity index is 1.66. The Morgan fingerprint density at radius 2 is 1.70 bits per heavy atom. The number of carbonyl (C=O) groups is 1. The Hall–Kier alpha value is -2.58. The molecule has 2 aromatic carbocycles. The monoisotopic (exact) mass is 389 g/mol. The van der Waals surface area contributed by atoms with Crippen molar-refractivity contribution in [3.05, 3.63) is 54.1 Å². The van der Waals surface area contributed by atoms with Gasteiger partial charge in [0.2, 0.25) is 10.0 Å². The highest BCUT2D eigenvalue weighted by molar-refractivity contribution is 7.88. The maximum Gasteiger partial charge on any atom is 0.255 e. The van der Waals surface area contributed by atoms with Crippen molar-refractivity contribution in [3.8, 4) is 5.75 Å². The minimum absolute atomic E-state index is 0.198. The fourth-order valence-electron chi connectivity index (χ4n) is 3.00. The van der Waals surface area contributed by atoms with Crippen molar-refractivity contribution in [2.75, 3.05) is 49.8 Å². The molecule has 3 rings (SSSR count). The van der Waals surface area contributed by atoms with Crippen LogP contribution in [0.5, 0.6) is 5.75 Å². The third kappa shape index (κ3) is 4.78. The van der Waals surface area contributed by atoms with Gasteiger partial charge in [-0.05, 0) is 42.5 Å². The molecule has 27 heavy (non-hydrogen) atoms. The minimum atomic E-state index is -3.15. The molecule has 0 aliphatic carbocycles. The summed E-state index contributed by atoms with van der Waals surface area (Å²) in [6, 6.07) is 14.5. The molecule has 2 aromatic rings. The van der Waals surface area contributed by atoms with E-state index in [0.29, 0.717) is 43.2 Å². The molecular formula is C19H23N3O4S. The normalized spacial score (nSPS) is 15.4. The van der Waals surface area contributed by atoms with E-state index in [9.17, 15) is 13.2 Å². The molecule has 0 saturated carbocycles. The van der Waals surface area contributed by atoms with E-state index in [1.165, 1.54) is 10.6 Å². The van der Waals surface area contributed by atoms with Crippen LogP contribution >= 0.6 is 0 Å². The molecule has 0 radical (unpaired) electrons. The minimum Gasteiger partial charge on any atom is -0.497 e. The number of piperazine rings is 1. The number of hydrogen-bond donors (Lipinski definition) is 1. The largest absolute Gasteiger partial charge is 0.497 e. The zero-order valence-corrected chi connectivity index (χ0v) is 16.2. The van der Waals surface area contributed by atoms with Crippen molar-refractivity contribution in [1.29, 1.82) is 0 Å². The fourth-order valence-corrected chi connectivity index (χ4v) is 3.83. The van der Waals surface area contributed by atoms with Gasteiger partial charge in [0.1, 0.15) is 5.75 Å². The summed E-state index contributed by atoms with van der Waals surface area (Å²) in [6.07, 6.45) is 1.23. The predicted octanol–water partition coefficient (Wildman–Crippen LogP) is 2.03. The summed E-state index contributed by atoms with van der Waals surface area (Å²) in [6.45, 7) is 2.15. The topological polar surface area (TPSA) is 79.0 Å². The van der Waals surface area contributed by atoms with Gasteiger partial charge in [0.05, 0.1) is 13.4 Å².